The molecule has 4 heteroatoms. The van der Waals surface area contributed by atoms with Crippen LogP contribution in [-0.2, 0) is 0 Å². The summed E-state index contributed by atoms with van der Waals surface area (Å²) in [5, 5.41) is 2.94. The third-order valence-electron chi connectivity index (χ3n) is 2.52. The van der Waals surface area contributed by atoms with E-state index in [1.165, 1.54) is 6.92 Å². The predicted octanol–water partition coefficient (Wildman–Crippen LogP) is 4.14. The summed E-state index contributed by atoms with van der Waals surface area (Å²) in [4.78, 5) is 0. The molecule has 90 valence electrons. The van der Waals surface area contributed by atoms with E-state index < -0.39 is 12.5 Å². The topological polar surface area (TPSA) is 12.0 Å². The molecule has 0 radical (unpaired) electrons. The van der Waals surface area contributed by atoms with Gasteiger partial charge in [-0.25, -0.2) is 8.78 Å². The molecule has 1 rings (SSSR count). The third-order valence-corrected chi connectivity index (χ3v) is 3.05. The Hall–Kier alpha value is -0.480. The summed E-state index contributed by atoms with van der Waals surface area (Å²) in [5.74, 6) is 0. The average molecular weight is 292 g/mol. The third kappa shape index (κ3) is 3.83. The molecule has 0 spiro atoms. The molecule has 0 aromatic heterocycles. The molecule has 0 aliphatic rings. The molecule has 0 fully saturated rings. The van der Waals surface area contributed by atoms with E-state index in [9.17, 15) is 8.78 Å². The van der Waals surface area contributed by atoms with Gasteiger partial charge in [-0.2, -0.15) is 0 Å². The fourth-order valence-electron chi connectivity index (χ4n) is 1.53. The van der Waals surface area contributed by atoms with Crippen LogP contribution in [-0.4, -0.2) is 12.5 Å². The Morgan fingerprint density at radius 3 is 2.25 bits per heavy atom. The van der Waals surface area contributed by atoms with Gasteiger partial charge >= 0.3 is 0 Å². The Labute approximate surface area is 103 Å². The minimum atomic E-state index is -2.33. The van der Waals surface area contributed by atoms with Gasteiger partial charge in [0.05, 0.1) is 6.04 Å². The van der Waals surface area contributed by atoms with E-state index in [1.54, 1.807) is 0 Å². The standard InChI is InChI=1S/C12H16BrF2N/c1-3-11(16-8(2)12(14)15)9-4-6-10(13)7-5-9/h4-8,11-12,16H,3H2,1-2H3. The summed E-state index contributed by atoms with van der Waals surface area (Å²) < 4.78 is 25.9. The lowest BCUT2D eigenvalue weighted by Gasteiger charge is -2.22. The normalized spacial score (nSPS) is 15.1. The maximum absolute atomic E-state index is 12.4. The van der Waals surface area contributed by atoms with Crippen molar-refractivity contribution in [3.05, 3.63) is 34.3 Å². The van der Waals surface area contributed by atoms with E-state index in [0.717, 1.165) is 16.5 Å². The van der Waals surface area contributed by atoms with Crippen LogP contribution in [0.2, 0.25) is 0 Å². The smallest absolute Gasteiger partial charge is 0.253 e. The number of hydrogen-bond acceptors (Lipinski definition) is 1. The highest BCUT2D eigenvalue weighted by Crippen LogP contribution is 2.20. The van der Waals surface area contributed by atoms with Crippen molar-refractivity contribution in [2.45, 2.75) is 38.8 Å². The van der Waals surface area contributed by atoms with E-state index in [-0.39, 0.29) is 6.04 Å². The zero-order chi connectivity index (χ0) is 12.1. The summed E-state index contributed by atoms with van der Waals surface area (Å²) in [6.07, 6.45) is -1.54. The molecule has 1 aromatic carbocycles. The van der Waals surface area contributed by atoms with Crippen LogP contribution in [0.3, 0.4) is 0 Å². The molecule has 1 N–H and O–H groups in total. The average Bonchev–Trinajstić information content (AvgIpc) is 2.26. The number of rotatable bonds is 5. The second-order valence-electron chi connectivity index (χ2n) is 3.80. The molecule has 1 nitrogen and oxygen atoms in total. The molecule has 0 saturated heterocycles. The first-order chi connectivity index (χ1) is 7.54. The molecule has 0 saturated carbocycles. The molecule has 2 atom stereocenters. The molecule has 0 aliphatic heterocycles. The van der Waals surface area contributed by atoms with Crippen LogP contribution >= 0.6 is 15.9 Å². The van der Waals surface area contributed by atoms with Crippen LogP contribution in [0, 0.1) is 0 Å². The molecule has 0 heterocycles. The van der Waals surface area contributed by atoms with Gasteiger partial charge in [0, 0.05) is 10.5 Å². The van der Waals surface area contributed by atoms with Crippen LogP contribution in [0.25, 0.3) is 0 Å². The Bertz CT molecular complexity index is 313. The van der Waals surface area contributed by atoms with Crippen molar-refractivity contribution in [1.29, 1.82) is 0 Å². The van der Waals surface area contributed by atoms with E-state index in [1.807, 2.05) is 31.2 Å². The van der Waals surface area contributed by atoms with Crippen LogP contribution in [0.4, 0.5) is 8.78 Å². The fourth-order valence-corrected chi connectivity index (χ4v) is 1.80. The summed E-state index contributed by atoms with van der Waals surface area (Å²) in [5.41, 5.74) is 1.04. The van der Waals surface area contributed by atoms with Crippen molar-refractivity contribution >= 4 is 15.9 Å². The predicted molar refractivity (Wildman–Crippen MR) is 65.8 cm³/mol. The Morgan fingerprint density at radius 1 is 1.25 bits per heavy atom. The first kappa shape index (κ1) is 13.6. The van der Waals surface area contributed by atoms with Crippen LogP contribution < -0.4 is 5.32 Å². The lowest BCUT2D eigenvalue weighted by Crippen LogP contribution is -2.35. The highest BCUT2D eigenvalue weighted by molar-refractivity contribution is 9.10. The maximum atomic E-state index is 12.4. The van der Waals surface area contributed by atoms with Crippen LogP contribution in [0.15, 0.2) is 28.7 Å². The summed E-state index contributed by atoms with van der Waals surface area (Å²) in [6.45, 7) is 3.49. The van der Waals surface area contributed by atoms with Gasteiger partial charge in [-0.05, 0) is 31.0 Å². The van der Waals surface area contributed by atoms with Crippen molar-refractivity contribution < 1.29 is 8.78 Å². The molecule has 2 unspecified atom stereocenters. The molecule has 0 bridgehead atoms. The van der Waals surface area contributed by atoms with Gasteiger partial charge in [0.25, 0.3) is 6.43 Å². The van der Waals surface area contributed by atoms with Crippen molar-refractivity contribution in [3.8, 4) is 0 Å². The SMILES string of the molecule is CCC(NC(C)C(F)F)c1ccc(Br)cc1. The lowest BCUT2D eigenvalue weighted by molar-refractivity contribution is 0.0995. The molecule has 16 heavy (non-hydrogen) atoms. The summed E-state index contributed by atoms with van der Waals surface area (Å²) in [6, 6.07) is 6.94. The number of halogens is 3. The van der Waals surface area contributed by atoms with Gasteiger partial charge in [-0.15, -0.1) is 0 Å². The highest BCUT2D eigenvalue weighted by Gasteiger charge is 2.18. The summed E-state index contributed by atoms with van der Waals surface area (Å²) >= 11 is 3.35. The monoisotopic (exact) mass is 291 g/mol. The quantitative estimate of drug-likeness (QED) is 0.860. The molecule has 0 amide bonds. The van der Waals surface area contributed by atoms with Gasteiger partial charge in [0.1, 0.15) is 0 Å². The maximum Gasteiger partial charge on any atom is 0.253 e. The van der Waals surface area contributed by atoms with E-state index in [4.69, 9.17) is 0 Å². The van der Waals surface area contributed by atoms with Gasteiger partial charge in [-0.1, -0.05) is 35.0 Å². The lowest BCUT2D eigenvalue weighted by atomic mass is 10.0. The van der Waals surface area contributed by atoms with Crippen LogP contribution in [0.5, 0.6) is 0 Å². The van der Waals surface area contributed by atoms with Crippen LogP contribution in [0.1, 0.15) is 31.9 Å². The fraction of sp³-hybridized carbons (Fsp3) is 0.500. The highest BCUT2D eigenvalue weighted by atomic mass is 79.9. The number of benzene rings is 1. The second kappa shape index (κ2) is 6.30. The number of hydrogen-bond donors (Lipinski definition) is 1. The largest absolute Gasteiger partial charge is 0.302 e. The minimum Gasteiger partial charge on any atom is -0.302 e. The molecular weight excluding hydrogens is 276 g/mol. The van der Waals surface area contributed by atoms with Crippen molar-refractivity contribution in [2.24, 2.45) is 0 Å². The van der Waals surface area contributed by atoms with Gasteiger partial charge < -0.3 is 5.32 Å². The molecule has 1 aromatic rings. The summed E-state index contributed by atoms with van der Waals surface area (Å²) in [7, 11) is 0. The minimum absolute atomic E-state index is 0.0166. The van der Waals surface area contributed by atoms with Gasteiger partial charge in [0.15, 0.2) is 0 Å². The number of alkyl halides is 2. The van der Waals surface area contributed by atoms with E-state index >= 15 is 0 Å². The van der Waals surface area contributed by atoms with Gasteiger partial charge in [0.2, 0.25) is 0 Å². The second-order valence-corrected chi connectivity index (χ2v) is 4.72. The van der Waals surface area contributed by atoms with Crippen molar-refractivity contribution in [2.75, 3.05) is 0 Å². The van der Waals surface area contributed by atoms with Crippen molar-refractivity contribution in [3.63, 3.8) is 0 Å². The molecular formula is C12H16BrF2N. The Morgan fingerprint density at radius 2 is 1.81 bits per heavy atom. The van der Waals surface area contributed by atoms with Gasteiger partial charge in [-0.3, -0.25) is 0 Å². The first-order valence-electron chi connectivity index (χ1n) is 5.34. The first-order valence-corrected chi connectivity index (χ1v) is 6.13. The zero-order valence-electron chi connectivity index (χ0n) is 9.38. The molecule has 0 aliphatic carbocycles. The van der Waals surface area contributed by atoms with E-state index in [2.05, 4.69) is 21.2 Å². The number of nitrogens with one attached hydrogen (secondary N) is 1. The zero-order valence-corrected chi connectivity index (χ0v) is 11.0. The Balaban J connectivity index is 2.70. The van der Waals surface area contributed by atoms with E-state index in [0.29, 0.717) is 0 Å². The van der Waals surface area contributed by atoms with Crippen molar-refractivity contribution in [1.82, 2.24) is 5.32 Å². The Kier molecular flexibility index (Phi) is 5.35.